The van der Waals surface area contributed by atoms with Crippen molar-refractivity contribution in [3.8, 4) is 34.3 Å². The van der Waals surface area contributed by atoms with Gasteiger partial charge in [-0.15, -0.1) is 0 Å². The molecule has 0 radical (unpaired) electrons. The van der Waals surface area contributed by atoms with Crippen LogP contribution in [0, 0.1) is 0 Å². The number of hydrogen-bond donors (Lipinski definition) is 1. The first-order valence-electron chi connectivity index (χ1n) is 10.6. The summed E-state index contributed by atoms with van der Waals surface area (Å²) in [7, 11) is 0. The second-order valence-corrected chi connectivity index (χ2v) is 7.83. The lowest BCUT2D eigenvalue weighted by Crippen LogP contribution is -2.41. The Bertz CT molecular complexity index is 1060. The molecule has 176 valence electrons. The molecular formula is C23H24F3N3O4. The van der Waals surface area contributed by atoms with Crippen LogP contribution in [0.1, 0.15) is 19.4 Å². The summed E-state index contributed by atoms with van der Waals surface area (Å²) in [6, 6.07) is 10.7. The number of rotatable bonds is 7. The van der Waals surface area contributed by atoms with E-state index in [9.17, 15) is 13.2 Å². The van der Waals surface area contributed by atoms with Gasteiger partial charge in [0.1, 0.15) is 24.2 Å². The van der Waals surface area contributed by atoms with Gasteiger partial charge >= 0.3 is 6.18 Å². The zero-order chi connectivity index (χ0) is 23.4. The summed E-state index contributed by atoms with van der Waals surface area (Å²) in [5.41, 5.74) is -0.0966. The van der Waals surface area contributed by atoms with Gasteiger partial charge in [-0.3, -0.25) is 0 Å². The van der Waals surface area contributed by atoms with E-state index in [0.717, 1.165) is 19.2 Å². The van der Waals surface area contributed by atoms with Crippen molar-refractivity contribution in [1.29, 1.82) is 0 Å². The standard InChI is InChI=1S/C23H24F3N3O4/c1-14(2)32-20-8-5-16(11-19(20)23(24,25)26)21-28-22(33-29-21)15-3-6-17(7-4-15)31-13-18-12-27-9-10-30-18/h3-8,11,14,18,27H,9-10,12-13H2,1-2H3. The van der Waals surface area contributed by atoms with Crippen LogP contribution < -0.4 is 14.8 Å². The molecule has 33 heavy (non-hydrogen) atoms. The van der Waals surface area contributed by atoms with Gasteiger partial charge in [0.15, 0.2) is 0 Å². The maximum Gasteiger partial charge on any atom is 0.419 e. The van der Waals surface area contributed by atoms with E-state index in [-0.39, 0.29) is 29.1 Å². The van der Waals surface area contributed by atoms with Crippen LogP contribution in [-0.2, 0) is 10.9 Å². The zero-order valence-electron chi connectivity index (χ0n) is 18.2. The number of morpholine rings is 1. The van der Waals surface area contributed by atoms with Gasteiger partial charge < -0.3 is 24.1 Å². The molecule has 1 aromatic heterocycles. The van der Waals surface area contributed by atoms with Crippen molar-refractivity contribution in [2.75, 3.05) is 26.3 Å². The Morgan fingerprint density at radius 3 is 2.55 bits per heavy atom. The first-order chi connectivity index (χ1) is 15.8. The third-order valence-corrected chi connectivity index (χ3v) is 4.87. The van der Waals surface area contributed by atoms with Crippen molar-refractivity contribution in [2.45, 2.75) is 32.2 Å². The number of alkyl halides is 3. The molecule has 7 nitrogen and oxygen atoms in total. The lowest BCUT2D eigenvalue weighted by atomic mass is 10.1. The molecule has 1 unspecified atom stereocenters. The van der Waals surface area contributed by atoms with E-state index < -0.39 is 17.8 Å². The van der Waals surface area contributed by atoms with Crippen LogP contribution in [0.5, 0.6) is 11.5 Å². The van der Waals surface area contributed by atoms with Gasteiger partial charge in [0, 0.05) is 24.2 Å². The lowest BCUT2D eigenvalue weighted by molar-refractivity contribution is -0.139. The number of benzene rings is 2. The summed E-state index contributed by atoms with van der Waals surface area (Å²) < 4.78 is 62.5. The van der Waals surface area contributed by atoms with Gasteiger partial charge in [-0.2, -0.15) is 18.2 Å². The van der Waals surface area contributed by atoms with Crippen molar-refractivity contribution in [2.24, 2.45) is 0 Å². The lowest BCUT2D eigenvalue weighted by Gasteiger charge is -2.23. The number of nitrogens with zero attached hydrogens (tertiary/aromatic N) is 2. The summed E-state index contributed by atoms with van der Waals surface area (Å²) in [6.07, 6.45) is -4.98. The molecule has 1 aliphatic heterocycles. The Hall–Kier alpha value is -3.11. The van der Waals surface area contributed by atoms with Gasteiger partial charge in [-0.25, -0.2) is 0 Å². The topological polar surface area (TPSA) is 78.6 Å². The van der Waals surface area contributed by atoms with Crippen molar-refractivity contribution >= 4 is 0 Å². The summed E-state index contributed by atoms with van der Waals surface area (Å²) in [5, 5.41) is 7.09. The molecule has 1 aliphatic rings. The number of ether oxygens (including phenoxy) is 3. The van der Waals surface area contributed by atoms with E-state index in [1.54, 1.807) is 38.1 Å². The number of aromatic nitrogens is 2. The third-order valence-electron chi connectivity index (χ3n) is 4.87. The molecule has 0 spiro atoms. The van der Waals surface area contributed by atoms with Crippen molar-refractivity contribution < 1.29 is 31.9 Å². The van der Waals surface area contributed by atoms with Crippen LogP contribution in [0.4, 0.5) is 13.2 Å². The highest BCUT2D eigenvalue weighted by molar-refractivity contribution is 5.62. The number of nitrogens with one attached hydrogen (secondary N) is 1. The Kier molecular flexibility index (Phi) is 6.85. The molecule has 1 N–H and O–H groups in total. The van der Waals surface area contributed by atoms with Gasteiger partial charge in [0.05, 0.1) is 18.3 Å². The quantitative estimate of drug-likeness (QED) is 0.550. The van der Waals surface area contributed by atoms with Crippen molar-refractivity contribution in [3.05, 3.63) is 48.0 Å². The molecule has 1 atom stereocenters. The van der Waals surface area contributed by atoms with Crippen LogP contribution in [0.2, 0.25) is 0 Å². The Morgan fingerprint density at radius 2 is 1.88 bits per heavy atom. The van der Waals surface area contributed by atoms with E-state index in [0.29, 0.717) is 24.5 Å². The van der Waals surface area contributed by atoms with E-state index in [4.69, 9.17) is 18.7 Å². The average molecular weight is 463 g/mol. The van der Waals surface area contributed by atoms with Crippen molar-refractivity contribution in [1.82, 2.24) is 15.5 Å². The van der Waals surface area contributed by atoms with Crippen LogP contribution in [0.25, 0.3) is 22.8 Å². The predicted molar refractivity (Wildman–Crippen MR) is 114 cm³/mol. The molecule has 0 saturated carbocycles. The summed E-state index contributed by atoms with van der Waals surface area (Å²) in [6.45, 7) is 5.99. The van der Waals surface area contributed by atoms with Crippen LogP contribution in [0.15, 0.2) is 47.0 Å². The van der Waals surface area contributed by atoms with Gasteiger partial charge in [-0.05, 0) is 56.3 Å². The number of halogens is 3. The highest BCUT2D eigenvalue weighted by atomic mass is 19.4. The smallest absolute Gasteiger partial charge is 0.419 e. The Morgan fingerprint density at radius 1 is 1.12 bits per heavy atom. The van der Waals surface area contributed by atoms with E-state index in [1.165, 1.54) is 12.1 Å². The van der Waals surface area contributed by atoms with Gasteiger partial charge in [0.25, 0.3) is 5.89 Å². The van der Waals surface area contributed by atoms with Gasteiger partial charge in [0.2, 0.25) is 5.82 Å². The molecule has 0 bridgehead atoms. The van der Waals surface area contributed by atoms with Gasteiger partial charge in [-0.1, -0.05) is 5.16 Å². The van der Waals surface area contributed by atoms with Crippen molar-refractivity contribution in [3.63, 3.8) is 0 Å². The first kappa shape index (κ1) is 23.1. The molecule has 4 rings (SSSR count). The molecule has 2 heterocycles. The minimum absolute atomic E-state index is 0.00385. The predicted octanol–water partition coefficient (Wildman–Crippen LogP) is 4.58. The zero-order valence-corrected chi connectivity index (χ0v) is 18.2. The third kappa shape index (κ3) is 5.82. The van der Waals surface area contributed by atoms with E-state index in [1.807, 2.05) is 0 Å². The Labute approximate surface area is 188 Å². The first-order valence-corrected chi connectivity index (χ1v) is 10.6. The van der Waals surface area contributed by atoms with Crippen LogP contribution in [-0.4, -0.2) is 48.7 Å². The highest BCUT2D eigenvalue weighted by Crippen LogP contribution is 2.39. The Balaban J connectivity index is 1.48. The maximum absolute atomic E-state index is 13.5. The highest BCUT2D eigenvalue weighted by Gasteiger charge is 2.35. The SMILES string of the molecule is CC(C)Oc1ccc(-c2noc(-c3ccc(OCC4CNCCO4)cc3)n2)cc1C(F)(F)F. The van der Waals surface area contributed by atoms with E-state index >= 15 is 0 Å². The normalized spacial score (nSPS) is 16.7. The fourth-order valence-corrected chi connectivity index (χ4v) is 3.31. The molecular weight excluding hydrogens is 439 g/mol. The number of hydrogen-bond acceptors (Lipinski definition) is 7. The molecule has 0 amide bonds. The summed E-state index contributed by atoms with van der Waals surface area (Å²) >= 11 is 0. The average Bonchev–Trinajstić information content (AvgIpc) is 3.28. The molecule has 1 saturated heterocycles. The molecule has 0 aliphatic carbocycles. The fourth-order valence-electron chi connectivity index (χ4n) is 3.31. The second kappa shape index (κ2) is 9.80. The van der Waals surface area contributed by atoms with Crippen LogP contribution in [0.3, 0.4) is 0 Å². The van der Waals surface area contributed by atoms with Crippen LogP contribution >= 0.6 is 0 Å². The largest absolute Gasteiger partial charge is 0.491 e. The fraction of sp³-hybridized carbons (Fsp3) is 0.391. The molecule has 1 fully saturated rings. The summed E-state index contributed by atoms with van der Waals surface area (Å²) in [4.78, 5) is 4.26. The molecule has 3 aromatic rings. The minimum Gasteiger partial charge on any atom is -0.491 e. The second-order valence-electron chi connectivity index (χ2n) is 7.83. The maximum atomic E-state index is 13.5. The van der Waals surface area contributed by atoms with E-state index in [2.05, 4.69) is 15.5 Å². The molecule has 2 aromatic carbocycles. The summed E-state index contributed by atoms with van der Waals surface area (Å²) in [5.74, 6) is 0.652. The minimum atomic E-state index is -4.58. The monoisotopic (exact) mass is 463 g/mol. The molecule has 10 heteroatoms.